The first-order valence-electron chi connectivity index (χ1n) is 43.8. The summed E-state index contributed by atoms with van der Waals surface area (Å²) in [5, 5.41) is 78.0. The van der Waals surface area contributed by atoms with Crippen LogP contribution in [0.3, 0.4) is 0 Å². The van der Waals surface area contributed by atoms with E-state index >= 15 is 28.8 Å². The number of fused-ring (bicyclic) bond motifs is 4. The molecule has 46 heteroatoms. The van der Waals surface area contributed by atoms with Gasteiger partial charge in [0.2, 0.25) is 94.5 Å². The van der Waals surface area contributed by atoms with Crippen LogP contribution in [0.2, 0.25) is 0 Å². The molecule has 8 rings (SSSR count). The highest BCUT2D eigenvalue weighted by Gasteiger charge is 2.47. The second-order valence-corrected chi connectivity index (χ2v) is 34.2. The molecule has 5 heterocycles. The van der Waals surface area contributed by atoms with Gasteiger partial charge in [-0.15, -0.1) is 11.8 Å². The number of hydrogen-bond donors (Lipinski definition) is 20. The molecule has 16 amide bonds. The molecule has 3 aromatic carbocycles. The lowest BCUT2D eigenvalue weighted by Crippen LogP contribution is -2.62. The molecule has 5 aromatic rings. The SMILES string of the molecule is CCCC[C@H]1C(=O)N(C)[C@@H](CCCC)C(=O)N[C@@H](CN)C(=O)N[C@H](C(=O)NCC(N)=O)CSCC(=O)N[C@@H](Cc2ccc(O)cc2)C(=O)N(C)[C@@H](C)C(=O)N[C@@H](CC(=O)O)C(=O)N2CCC[C@H]2C(=O)N[C@@H](CN)C(=O)N[C@@H](CCC(=O)O)C(=O)N2C[C@H](O)C[C@H]2C(=O)N[C@@H](Cc2c[nH]c3ccccc23)C(=O)N[C@@H](CCN)C(=O)N[C@@H](Cc2cn(CC(=O)O)c3ccccc23)C(=O)N1C. The van der Waals surface area contributed by atoms with E-state index < -0.39 is 279 Å². The number of carboxylic acid groups (broad SMARTS) is 3. The zero-order chi connectivity index (χ0) is 97.8. The van der Waals surface area contributed by atoms with Crippen molar-refractivity contribution in [2.45, 2.75) is 221 Å². The summed E-state index contributed by atoms with van der Waals surface area (Å²) in [7, 11) is 3.75. The normalized spacial score (nSPS) is 24.9. The summed E-state index contributed by atoms with van der Waals surface area (Å²) in [6.07, 6.45) is -1.64. The fourth-order valence-corrected chi connectivity index (χ4v) is 17.0. The van der Waals surface area contributed by atoms with Crippen LogP contribution in [0.4, 0.5) is 0 Å². The molecule has 0 spiro atoms. The molecular formula is C87H121N21O24S. The van der Waals surface area contributed by atoms with Gasteiger partial charge in [-0.2, -0.15) is 0 Å². The predicted molar refractivity (Wildman–Crippen MR) is 480 cm³/mol. The van der Waals surface area contributed by atoms with E-state index in [9.17, 15) is 87.9 Å². The second kappa shape index (κ2) is 49.8. The van der Waals surface area contributed by atoms with Gasteiger partial charge in [-0.05, 0) is 92.9 Å². The van der Waals surface area contributed by atoms with Gasteiger partial charge in [0.1, 0.15) is 96.9 Å². The van der Waals surface area contributed by atoms with Crippen LogP contribution in [-0.4, -0.2) is 335 Å². The molecule has 0 aliphatic carbocycles. The Morgan fingerprint density at radius 1 is 0.526 bits per heavy atom. The molecule has 2 aromatic heterocycles. The van der Waals surface area contributed by atoms with E-state index in [2.05, 4.69) is 58.2 Å². The lowest BCUT2D eigenvalue weighted by Gasteiger charge is -2.36. The Morgan fingerprint density at radius 3 is 1.71 bits per heavy atom. The fourth-order valence-electron chi connectivity index (χ4n) is 16.1. The van der Waals surface area contributed by atoms with Gasteiger partial charge in [-0.1, -0.05) is 88.1 Å². The van der Waals surface area contributed by atoms with E-state index in [0.717, 1.165) is 43.3 Å². The average Bonchev–Trinajstić information content (AvgIpc) is 1.70. The summed E-state index contributed by atoms with van der Waals surface area (Å²) in [5.41, 5.74) is 26.0. The molecule has 0 radical (unpaired) electrons. The number of phenolic OH excluding ortho intramolecular Hbond substituents is 1. The molecule has 24 N–H and O–H groups in total. The third-order valence-electron chi connectivity index (χ3n) is 23.5. The summed E-state index contributed by atoms with van der Waals surface area (Å²) in [4.78, 5) is 280. The maximum Gasteiger partial charge on any atom is 0.323 e. The van der Waals surface area contributed by atoms with Crippen LogP contribution < -0.4 is 76.1 Å². The molecule has 133 heavy (non-hydrogen) atoms. The van der Waals surface area contributed by atoms with Gasteiger partial charge in [0.15, 0.2) is 0 Å². The summed E-state index contributed by atoms with van der Waals surface area (Å²) >= 11 is 0.722. The number of rotatable bonds is 26. The second-order valence-electron chi connectivity index (χ2n) is 33.1. The Balaban J connectivity index is 1.20. The van der Waals surface area contributed by atoms with Gasteiger partial charge >= 0.3 is 17.9 Å². The highest BCUT2D eigenvalue weighted by atomic mass is 32.2. The number of aromatic nitrogens is 2. The lowest BCUT2D eigenvalue weighted by atomic mass is 10.00. The maximum absolute atomic E-state index is 15.9. The van der Waals surface area contributed by atoms with Crippen LogP contribution >= 0.6 is 11.8 Å². The molecule has 0 saturated carbocycles. The topological polar surface area (TPSA) is 687 Å². The first kappa shape index (κ1) is 105. The third-order valence-corrected chi connectivity index (χ3v) is 24.6. The molecule has 0 unspecified atom stereocenters. The predicted octanol–water partition coefficient (Wildman–Crippen LogP) is -4.91. The van der Waals surface area contributed by atoms with Gasteiger partial charge in [0.25, 0.3) is 0 Å². The molecule has 3 aliphatic rings. The zero-order valence-electron chi connectivity index (χ0n) is 74.8. The van der Waals surface area contributed by atoms with Crippen molar-refractivity contribution in [2.24, 2.45) is 22.9 Å². The smallest absolute Gasteiger partial charge is 0.323 e. The number of carbonyl (C=O) groups is 19. The summed E-state index contributed by atoms with van der Waals surface area (Å²) in [6.45, 7) is 1.00. The van der Waals surface area contributed by atoms with E-state index in [-0.39, 0.29) is 70.2 Å². The number of likely N-dealkylation sites (N-methyl/N-ethyl adjacent to an activating group) is 3. The summed E-state index contributed by atoms with van der Waals surface area (Å²) in [5.74, 6) is -21.9. The van der Waals surface area contributed by atoms with Crippen LogP contribution in [0.5, 0.6) is 5.75 Å². The molecule has 724 valence electrons. The van der Waals surface area contributed by atoms with Gasteiger partial charge in [0, 0.05) is 119 Å². The number of unbranched alkanes of at least 4 members (excludes halogenated alkanes) is 2. The molecule has 3 saturated heterocycles. The molecule has 45 nitrogen and oxygen atoms in total. The number of para-hydroxylation sites is 2. The van der Waals surface area contributed by atoms with Crippen molar-refractivity contribution in [1.29, 1.82) is 0 Å². The fraction of sp³-hybridized carbons (Fsp3) is 0.529. The Hall–Kier alpha value is -13.3. The largest absolute Gasteiger partial charge is 0.508 e. The number of amides is 16. The minimum atomic E-state index is -1.95. The number of carbonyl (C=O) groups excluding carboxylic acids is 16. The van der Waals surface area contributed by atoms with Crippen molar-refractivity contribution in [1.82, 2.24) is 87.2 Å². The van der Waals surface area contributed by atoms with Crippen LogP contribution in [0.25, 0.3) is 21.8 Å². The number of nitrogens with one attached hydrogen (secondary N) is 11. The number of aliphatic hydroxyl groups is 1. The number of primary amides is 1. The number of aliphatic carboxylic acids is 3. The molecule has 3 aliphatic heterocycles. The molecule has 0 bridgehead atoms. The molecule has 15 atom stereocenters. The Bertz CT molecular complexity index is 5070. The number of aliphatic hydroxyl groups excluding tert-OH is 1. The van der Waals surface area contributed by atoms with E-state index in [4.69, 9.17) is 22.9 Å². The number of hydrogen-bond acceptors (Lipinski definition) is 25. The van der Waals surface area contributed by atoms with Gasteiger partial charge in [-0.25, -0.2) is 0 Å². The number of benzene rings is 3. The van der Waals surface area contributed by atoms with E-state index in [1.807, 2.05) is 6.92 Å². The monoisotopic (exact) mass is 1880 g/mol. The number of nitrogens with two attached hydrogens (primary N) is 4. The van der Waals surface area contributed by atoms with E-state index in [0.29, 0.717) is 57.8 Å². The molecular weight excluding hydrogens is 1760 g/mol. The van der Waals surface area contributed by atoms with Crippen LogP contribution in [0.15, 0.2) is 85.2 Å². The van der Waals surface area contributed by atoms with Crippen molar-refractivity contribution in [3.63, 3.8) is 0 Å². The van der Waals surface area contributed by atoms with Crippen LogP contribution in [-0.2, 0) is 117 Å². The summed E-state index contributed by atoms with van der Waals surface area (Å²) in [6, 6.07) is -4.34. The van der Waals surface area contributed by atoms with Crippen LogP contribution in [0.1, 0.15) is 121 Å². The van der Waals surface area contributed by atoms with Crippen molar-refractivity contribution in [3.8, 4) is 5.75 Å². The van der Waals surface area contributed by atoms with Crippen LogP contribution in [0, 0.1) is 0 Å². The first-order chi connectivity index (χ1) is 63.2. The number of aromatic amines is 1. The Kier molecular flexibility index (Phi) is 39.3. The van der Waals surface area contributed by atoms with Gasteiger partial charge in [-0.3, -0.25) is 91.1 Å². The molecule has 3 fully saturated rings. The highest BCUT2D eigenvalue weighted by molar-refractivity contribution is 8.00. The van der Waals surface area contributed by atoms with Crippen molar-refractivity contribution < 1.29 is 117 Å². The number of carboxylic acids is 3. The van der Waals surface area contributed by atoms with Gasteiger partial charge in [0.05, 0.1) is 24.8 Å². The van der Waals surface area contributed by atoms with Crippen molar-refractivity contribution in [3.05, 3.63) is 102 Å². The number of thioether (sulfide) groups is 1. The third kappa shape index (κ3) is 28.8. The Morgan fingerprint density at radius 2 is 1.08 bits per heavy atom. The minimum absolute atomic E-state index is 0.0562. The Labute approximate surface area is 769 Å². The number of H-pyrrole nitrogens is 1. The summed E-state index contributed by atoms with van der Waals surface area (Å²) < 4.78 is 1.41. The number of phenols is 1. The highest BCUT2D eigenvalue weighted by Crippen LogP contribution is 2.29. The van der Waals surface area contributed by atoms with E-state index in [1.165, 1.54) is 56.0 Å². The zero-order valence-corrected chi connectivity index (χ0v) is 75.6. The van der Waals surface area contributed by atoms with Crippen molar-refractivity contribution in [2.75, 3.05) is 71.9 Å². The lowest BCUT2D eigenvalue weighted by molar-refractivity contribution is -0.149. The minimum Gasteiger partial charge on any atom is -0.508 e. The van der Waals surface area contributed by atoms with E-state index in [1.54, 1.807) is 61.7 Å². The number of nitrogens with zero attached hydrogens (tertiary/aromatic N) is 6. The quantitative estimate of drug-likeness (QED) is 0.0247. The maximum atomic E-state index is 15.9. The average molecular weight is 1880 g/mol. The van der Waals surface area contributed by atoms with Gasteiger partial charge < -0.3 is 136 Å². The number of aromatic hydroxyl groups is 1. The first-order valence-corrected chi connectivity index (χ1v) is 45.0. The van der Waals surface area contributed by atoms with Crippen molar-refractivity contribution >= 4 is 146 Å². The standard InChI is InChI=1S/C87H121N21O24S/c1-7-9-19-65-80(125)100-62(38-90)79(124)102-63(75(120)93-40-69(91)111)44-133-45-70(112)94-58(32-47-23-25-50(109)26-24-47)83(128)103(4)46(3)74(119)98-60(36-72(115)116)86(131)107-31-15-22-66(107)81(126)101-61(37-89)78(123)96-56(27-28-71(113)114)85(130)108-42-51(110)35-68(108)82(127)97-57(33-48-39-92-54-18-13-11-16-52(48)54)77(122)95-55(29-30-88)76(121)99-59(84(129)105(6)67(20-10-8-2)87(132)104(65)5)34-49-41-106(43-73(117)118)64-21-14-12-17-53(49)64/h11-14,16-18,21,23-26,39,41,46,51,55-63,65-68,92,109-110H,7-10,15,19-20,22,27-38,40,42-45,88-90H2,1-6H3,(H2,91,111)(H,93,120)(H,94,112)(H,95,122)(H,96,123)(H,97,127)(H,98,119)(H,99,121)(H,100,125)(H,101,126)(H,102,124)(H,113,114)(H,115,116)(H,117,118)/t46-,51+,55-,56-,57-,58-,59-,60-,61-,62-,63-,65-,66-,67-,68-/m0/s1.